The zero-order valence-electron chi connectivity index (χ0n) is 14.5. The minimum atomic E-state index is -0.480. The van der Waals surface area contributed by atoms with E-state index in [9.17, 15) is 9.90 Å². The predicted octanol–water partition coefficient (Wildman–Crippen LogP) is 2.08. The summed E-state index contributed by atoms with van der Waals surface area (Å²) in [6.07, 6.45) is 0.530. The first kappa shape index (κ1) is 17.4. The number of benzene rings is 1. The van der Waals surface area contributed by atoms with E-state index in [1.807, 2.05) is 37.3 Å². The van der Waals surface area contributed by atoms with E-state index in [0.29, 0.717) is 31.3 Å². The molecule has 1 aromatic carbocycles. The number of hydrogen-bond donors (Lipinski definition) is 1. The van der Waals surface area contributed by atoms with Crippen molar-refractivity contribution in [1.82, 2.24) is 9.88 Å². The van der Waals surface area contributed by atoms with Gasteiger partial charge in [-0.1, -0.05) is 36.4 Å². The highest BCUT2D eigenvalue weighted by Gasteiger charge is 2.33. The molecule has 2 aromatic rings. The lowest BCUT2D eigenvalue weighted by molar-refractivity contribution is -0.129. The molecule has 132 valence electrons. The van der Waals surface area contributed by atoms with Crippen molar-refractivity contribution in [2.24, 2.45) is 5.92 Å². The Hall–Kier alpha value is -2.40. The van der Waals surface area contributed by atoms with E-state index in [1.165, 1.54) is 5.56 Å². The van der Waals surface area contributed by atoms with Crippen LogP contribution in [0.15, 0.2) is 48.5 Å². The summed E-state index contributed by atoms with van der Waals surface area (Å²) in [4.78, 5) is 18.7. The summed E-state index contributed by atoms with van der Waals surface area (Å²) in [6.45, 7) is 3.42. The number of aromatic nitrogens is 1. The van der Waals surface area contributed by atoms with Crippen molar-refractivity contribution in [3.8, 4) is 5.88 Å². The second-order valence-electron chi connectivity index (χ2n) is 6.39. The molecular formula is C20H24N2O3. The lowest BCUT2D eigenvalue weighted by atomic mass is 9.97. The van der Waals surface area contributed by atoms with Gasteiger partial charge in [0.25, 0.3) is 0 Å². The van der Waals surface area contributed by atoms with Crippen LogP contribution in [0.4, 0.5) is 0 Å². The molecule has 1 aromatic heterocycles. The number of carbonyl (C=O) groups is 1. The van der Waals surface area contributed by atoms with Crippen molar-refractivity contribution in [2.45, 2.75) is 25.9 Å². The number of aliphatic hydroxyl groups is 1. The molecule has 0 aliphatic carbocycles. The number of amides is 1. The molecule has 1 aliphatic heterocycles. The van der Waals surface area contributed by atoms with Crippen LogP contribution in [-0.2, 0) is 17.6 Å². The fourth-order valence-electron chi connectivity index (χ4n) is 3.23. The SMILES string of the molecule is CCOc1cccc(CC(=O)N2C[C@@H](Cc3ccccc3)[C@H](O)C2)n1. The molecule has 3 rings (SSSR count). The summed E-state index contributed by atoms with van der Waals surface area (Å²) in [5.41, 5.74) is 1.88. The smallest absolute Gasteiger partial charge is 0.228 e. The summed E-state index contributed by atoms with van der Waals surface area (Å²) in [7, 11) is 0. The maximum Gasteiger partial charge on any atom is 0.228 e. The molecule has 2 heterocycles. The van der Waals surface area contributed by atoms with Gasteiger partial charge in [-0.2, -0.15) is 0 Å². The van der Waals surface area contributed by atoms with Gasteiger partial charge in [0.2, 0.25) is 11.8 Å². The second-order valence-corrected chi connectivity index (χ2v) is 6.39. The fraction of sp³-hybridized carbons (Fsp3) is 0.400. The first-order chi connectivity index (χ1) is 12.2. The highest BCUT2D eigenvalue weighted by Crippen LogP contribution is 2.22. The number of rotatable bonds is 6. The topological polar surface area (TPSA) is 62.7 Å². The zero-order chi connectivity index (χ0) is 17.6. The molecule has 0 radical (unpaired) electrons. The van der Waals surface area contributed by atoms with Gasteiger partial charge in [0.1, 0.15) is 0 Å². The van der Waals surface area contributed by atoms with E-state index in [0.717, 1.165) is 6.42 Å². The van der Waals surface area contributed by atoms with Crippen molar-refractivity contribution in [2.75, 3.05) is 19.7 Å². The molecule has 2 atom stereocenters. The molecule has 5 heteroatoms. The molecule has 5 nitrogen and oxygen atoms in total. The van der Waals surface area contributed by atoms with Gasteiger partial charge < -0.3 is 14.7 Å². The molecule has 1 fully saturated rings. The molecule has 0 bridgehead atoms. The lowest BCUT2D eigenvalue weighted by Crippen LogP contribution is -2.31. The van der Waals surface area contributed by atoms with Crippen LogP contribution in [0, 0.1) is 5.92 Å². The number of aliphatic hydroxyl groups excluding tert-OH is 1. The minimum Gasteiger partial charge on any atom is -0.478 e. The number of hydrogen-bond acceptors (Lipinski definition) is 4. The van der Waals surface area contributed by atoms with Crippen LogP contribution in [0.2, 0.25) is 0 Å². The maximum absolute atomic E-state index is 12.6. The Labute approximate surface area is 148 Å². The van der Waals surface area contributed by atoms with E-state index in [1.54, 1.807) is 11.0 Å². The van der Waals surface area contributed by atoms with Crippen LogP contribution in [-0.4, -0.2) is 46.7 Å². The quantitative estimate of drug-likeness (QED) is 0.875. The highest BCUT2D eigenvalue weighted by atomic mass is 16.5. The average molecular weight is 340 g/mol. The van der Waals surface area contributed by atoms with Crippen molar-refractivity contribution in [1.29, 1.82) is 0 Å². The standard InChI is InChI=1S/C20H24N2O3/c1-2-25-19-10-6-9-17(21-19)12-20(24)22-13-16(18(23)14-22)11-15-7-4-3-5-8-15/h3-10,16,18,23H,2,11-14H2,1H3/t16-,18-/m1/s1. The Balaban J connectivity index is 1.59. The Morgan fingerprint density at radius 3 is 2.76 bits per heavy atom. The fourth-order valence-corrected chi connectivity index (χ4v) is 3.23. The van der Waals surface area contributed by atoms with Gasteiger partial charge in [0, 0.05) is 25.1 Å². The minimum absolute atomic E-state index is 0.00393. The Morgan fingerprint density at radius 1 is 1.20 bits per heavy atom. The first-order valence-electron chi connectivity index (χ1n) is 8.74. The summed E-state index contributed by atoms with van der Waals surface area (Å²) in [5.74, 6) is 0.612. The largest absolute Gasteiger partial charge is 0.478 e. The van der Waals surface area contributed by atoms with Gasteiger partial charge >= 0.3 is 0 Å². The van der Waals surface area contributed by atoms with Crippen LogP contribution in [0.3, 0.4) is 0 Å². The number of ether oxygens (including phenoxy) is 1. The van der Waals surface area contributed by atoms with Crippen molar-refractivity contribution >= 4 is 5.91 Å². The van der Waals surface area contributed by atoms with Crippen molar-refractivity contribution in [3.63, 3.8) is 0 Å². The van der Waals surface area contributed by atoms with E-state index in [-0.39, 0.29) is 18.2 Å². The summed E-state index contributed by atoms with van der Waals surface area (Å²) in [5, 5.41) is 10.3. The monoisotopic (exact) mass is 340 g/mol. The second kappa shape index (κ2) is 8.12. The van der Waals surface area contributed by atoms with Gasteiger partial charge in [-0.25, -0.2) is 4.98 Å². The third kappa shape index (κ3) is 4.57. The maximum atomic E-state index is 12.6. The van der Waals surface area contributed by atoms with Gasteiger partial charge in [-0.15, -0.1) is 0 Å². The number of pyridine rings is 1. The molecule has 1 aliphatic rings. The van der Waals surface area contributed by atoms with Gasteiger partial charge in [0.05, 0.1) is 24.8 Å². The number of likely N-dealkylation sites (tertiary alicyclic amines) is 1. The molecule has 1 saturated heterocycles. The van der Waals surface area contributed by atoms with E-state index < -0.39 is 6.10 Å². The van der Waals surface area contributed by atoms with Crippen LogP contribution in [0.5, 0.6) is 5.88 Å². The summed E-state index contributed by atoms with van der Waals surface area (Å²) < 4.78 is 5.38. The van der Waals surface area contributed by atoms with Gasteiger partial charge in [0.15, 0.2) is 0 Å². The van der Waals surface area contributed by atoms with Crippen LogP contribution in [0.25, 0.3) is 0 Å². The summed E-state index contributed by atoms with van der Waals surface area (Å²) in [6, 6.07) is 15.5. The molecule has 0 spiro atoms. The van der Waals surface area contributed by atoms with E-state index in [2.05, 4.69) is 17.1 Å². The Bertz CT molecular complexity index is 705. The number of β-amino-alcohol motifs (C(OH)–C–C–N with tert-alkyl or cyclic N) is 1. The average Bonchev–Trinajstić information content (AvgIpc) is 2.97. The Kier molecular flexibility index (Phi) is 5.66. The molecular weight excluding hydrogens is 316 g/mol. The summed E-state index contributed by atoms with van der Waals surface area (Å²) >= 11 is 0. The molecule has 0 saturated carbocycles. The molecule has 1 N–H and O–H groups in total. The Morgan fingerprint density at radius 2 is 2.00 bits per heavy atom. The van der Waals surface area contributed by atoms with Gasteiger partial charge in [-0.3, -0.25) is 4.79 Å². The number of carbonyl (C=O) groups excluding carboxylic acids is 1. The normalized spacial score (nSPS) is 19.8. The first-order valence-corrected chi connectivity index (χ1v) is 8.74. The highest BCUT2D eigenvalue weighted by molar-refractivity contribution is 5.78. The van der Waals surface area contributed by atoms with Crippen LogP contribution < -0.4 is 4.74 Å². The van der Waals surface area contributed by atoms with Crippen LogP contribution in [0.1, 0.15) is 18.2 Å². The lowest BCUT2D eigenvalue weighted by Gasteiger charge is -2.16. The molecule has 25 heavy (non-hydrogen) atoms. The number of nitrogens with zero attached hydrogens (tertiary/aromatic N) is 2. The van der Waals surface area contributed by atoms with E-state index >= 15 is 0 Å². The van der Waals surface area contributed by atoms with Gasteiger partial charge in [-0.05, 0) is 25.0 Å². The third-order valence-electron chi connectivity index (χ3n) is 4.51. The van der Waals surface area contributed by atoms with Crippen LogP contribution >= 0.6 is 0 Å². The zero-order valence-corrected chi connectivity index (χ0v) is 14.5. The van der Waals surface area contributed by atoms with E-state index in [4.69, 9.17) is 4.74 Å². The third-order valence-corrected chi connectivity index (χ3v) is 4.51. The predicted molar refractivity (Wildman–Crippen MR) is 95.3 cm³/mol. The van der Waals surface area contributed by atoms with Crippen molar-refractivity contribution < 1.29 is 14.6 Å². The van der Waals surface area contributed by atoms with Crippen molar-refractivity contribution in [3.05, 3.63) is 59.8 Å². The molecule has 0 unspecified atom stereocenters. The molecule has 1 amide bonds.